The zero-order valence-electron chi connectivity index (χ0n) is 15.3. The summed E-state index contributed by atoms with van der Waals surface area (Å²) in [7, 11) is 1.99. The van der Waals surface area contributed by atoms with Gasteiger partial charge in [0.2, 0.25) is 5.91 Å². The van der Waals surface area contributed by atoms with Crippen molar-refractivity contribution in [1.82, 2.24) is 10.2 Å². The van der Waals surface area contributed by atoms with Crippen molar-refractivity contribution in [2.45, 2.75) is 24.9 Å². The van der Waals surface area contributed by atoms with Gasteiger partial charge < -0.3 is 15.3 Å². The van der Waals surface area contributed by atoms with E-state index in [2.05, 4.69) is 58.7 Å². The fourth-order valence-corrected chi connectivity index (χ4v) is 3.73. The smallest absolute Gasteiger partial charge is 0.227 e. The van der Waals surface area contributed by atoms with Gasteiger partial charge in [-0.1, -0.05) is 60.7 Å². The van der Waals surface area contributed by atoms with Crippen LogP contribution in [0, 0.1) is 5.92 Å². The molecule has 0 spiro atoms. The van der Waals surface area contributed by atoms with E-state index in [-0.39, 0.29) is 17.7 Å². The van der Waals surface area contributed by atoms with Gasteiger partial charge in [0.1, 0.15) is 0 Å². The number of likely N-dealkylation sites (tertiary alicyclic amines) is 1. The first-order chi connectivity index (χ1) is 12.6. The number of carbonyl (C=O) groups excluding carboxylic acids is 1. The Balaban J connectivity index is 1.62. The molecule has 2 atom stereocenters. The van der Waals surface area contributed by atoms with Crippen LogP contribution in [0.1, 0.15) is 29.9 Å². The van der Waals surface area contributed by atoms with E-state index < -0.39 is 6.10 Å². The molecule has 1 heterocycles. The lowest BCUT2D eigenvalue weighted by molar-refractivity contribution is -0.131. The van der Waals surface area contributed by atoms with Crippen molar-refractivity contribution in [2.75, 3.05) is 26.7 Å². The molecule has 4 heteroatoms. The summed E-state index contributed by atoms with van der Waals surface area (Å²) in [5, 5.41) is 13.2. The number of nitrogens with one attached hydrogen (secondary N) is 1. The lowest BCUT2D eigenvalue weighted by Crippen LogP contribution is -2.48. The Kier molecular flexibility index (Phi) is 6.42. The first kappa shape index (κ1) is 18.6. The molecule has 2 aromatic rings. The van der Waals surface area contributed by atoms with Gasteiger partial charge in [-0.05, 0) is 31.0 Å². The van der Waals surface area contributed by atoms with Gasteiger partial charge in [0.25, 0.3) is 0 Å². The van der Waals surface area contributed by atoms with Gasteiger partial charge in [0, 0.05) is 25.6 Å². The van der Waals surface area contributed by atoms with E-state index in [0.717, 1.165) is 13.0 Å². The van der Waals surface area contributed by atoms with Crippen molar-refractivity contribution in [3.63, 3.8) is 0 Å². The number of piperidine rings is 1. The molecule has 1 fully saturated rings. The summed E-state index contributed by atoms with van der Waals surface area (Å²) in [5.41, 5.74) is 2.51. The van der Waals surface area contributed by atoms with Gasteiger partial charge >= 0.3 is 0 Å². The molecule has 0 saturated carbocycles. The third kappa shape index (κ3) is 4.71. The second-order valence-corrected chi connectivity index (χ2v) is 7.18. The van der Waals surface area contributed by atoms with Crippen LogP contribution in [-0.2, 0) is 4.79 Å². The largest absolute Gasteiger partial charge is 0.392 e. The fourth-order valence-electron chi connectivity index (χ4n) is 3.73. The minimum Gasteiger partial charge on any atom is -0.392 e. The molecule has 138 valence electrons. The van der Waals surface area contributed by atoms with E-state index in [1.165, 1.54) is 11.1 Å². The molecule has 1 amide bonds. The predicted molar refractivity (Wildman–Crippen MR) is 104 cm³/mol. The van der Waals surface area contributed by atoms with Crippen LogP contribution in [0.5, 0.6) is 0 Å². The van der Waals surface area contributed by atoms with Crippen LogP contribution in [0.15, 0.2) is 60.7 Å². The molecule has 4 nitrogen and oxygen atoms in total. The number of benzene rings is 2. The Morgan fingerprint density at radius 3 is 2.27 bits per heavy atom. The van der Waals surface area contributed by atoms with Gasteiger partial charge in [-0.3, -0.25) is 4.79 Å². The van der Waals surface area contributed by atoms with E-state index in [1.807, 2.05) is 19.2 Å². The van der Waals surface area contributed by atoms with Crippen LogP contribution in [0.2, 0.25) is 0 Å². The fraction of sp³-hybridized carbons (Fsp3) is 0.409. The molecule has 2 aromatic carbocycles. The van der Waals surface area contributed by atoms with Crippen LogP contribution >= 0.6 is 0 Å². The number of hydrogen-bond acceptors (Lipinski definition) is 3. The van der Waals surface area contributed by atoms with Crippen molar-refractivity contribution in [1.29, 1.82) is 0 Å². The quantitative estimate of drug-likeness (QED) is 0.840. The molecule has 26 heavy (non-hydrogen) atoms. The average molecular weight is 352 g/mol. The number of carbonyl (C=O) groups is 1. The van der Waals surface area contributed by atoms with Gasteiger partial charge in [0.15, 0.2) is 0 Å². The summed E-state index contributed by atoms with van der Waals surface area (Å²) >= 11 is 0. The number of hydrogen-bond donors (Lipinski definition) is 2. The zero-order valence-corrected chi connectivity index (χ0v) is 15.3. The lowest BCUT2D eigenvalue weighted by Gasteiger charge is -2.33. The van der Waals surface area contributed by atoms with E-state index in [1.54, 1.807) is 0 Å². The summed E-state index contributed by atoms with van der Waals surface area (Å²) in [6.45, 7) is 2.06. The highest BCUT2D eigenvalue weighted by Gasteiger charge is 2.31. The van der Waals surface area contributed by atoms with Crippen molar-refractivity contribution < 1.29 is 9.90 Å². The molecule has 0 aromatic heterocycles. The Morgan fingerprint density at radius 2 is 1.69 bits per heavy atom. The van der Waals surface area contributed by atoms with Gasteiger partial charge in [-0.25, -0.2) is 0 Å². The summed E-state index contributed by atoms with van der Waals surface area (Å²) in [5.74, 6) is -0.124. The van der Waals surface area contributed by atoms with Crippen molar-refractivity contribution in [3.8, 4) is 0 Å². The maximum Gasteiger partial charge on any atom is 0.227 e. The lowest BCUT2D eigenvalue weighted by atomic mass is 9.88. The van der Waals surface area contributed by atoms with Crippen molar-refractivity contribution >= 4 is 5.91 Å². The predicted octanol–water partition coefficient (Wildman–Crippen LogP) is 2.64. The number of aliphatic hydroxyl groups is 1. The van der Waals surface area contributed by atoms with Crippen molar-refractivity contribution in [3.05, 3.63) is 71.8 Å². The molecule has 1 aliphatic heterocycles. The molecule has 0 radical (unpaired) electrons. The summed E-state index contributed by atoms with van der Waals surface area (Å²) in [4.78, 5) is 14.6. The van der Waals surface area contributed by atoms with Gasteiger partial charge in [-0.2, -0.15) is 0 Å². The monoisotopic (exact) mass is 352 g/mol. The van der Waals surface area contributed by atoms with E-state index >= 15 is 0 Å². The molecule has 3 rings (SSSR count). The Bertz CT molecular complexity index is 650. The second kappa shape index (κ2) is 8.97. The van der Waals surface area contributed by atoms with E-state index in [0.29, 0.717) is 19.5 Å². The SMILES string of the molecule is CN1CC[C@@H](O)[C@H](C(=O)NCCC(c2ccccc2)c2ccccc2)C1. The Morgan fingerprint density at radius 1 is 1.12 bits per heavy atom. The molecule has 0 bridgehead atoms. The number of nitrogens with zero attached hydrogens (tertiary/aromatic N) is 1. The molecule has 0 aliphatic carbocycles. The third-order valence-electron chi connectivity index (χ3n) is 5.25. The third-order valence-corrected chi connectivity index (χ3v) is 5.25. The van der Waals surface area contributed by atoms with Crippen LogP contribution in [0.4, 0.5) is 0 Å². The molecule has 1 saturated heterocycles. The van der Waals surface area contributed by atoms with Crippen LogP contribution in [-0.4, -0.2) is 48.7 Å². The second-order valence-electron chi connectivity index (χ2n) is 7.18. The van der Waals surface area contributed by atoms with E-state index in [9.17, 15) is 9.90 Å². The zero-order chi connectivity index (χ0) is 18.4. The molecular weight excluding hydrogens is 324 g/mol. The Hall–Kier alpha value is -2.17. The summed E-state index contributed by atoms with van der Waals surface area (Å²) in [6, 6.07) is 20.8. The van der Waals surface area contributed by atoms with Crippen LogP contribution in [0.25, 0.3) is 0 Å². The van der Waals surface area contributed by atoms with Crippen LogP contribution < -0.4 is 5.32 Å². The first-order valence-electron chi connectivity index (χ1n) is 9.39. The highest BCUT2D eigenvalue weighted by molar-refractivity contribution is 5.79. The Labute approximate surface area is 155 Å². The number of rotatable bonds is 6. The van der Waals surface area contributed by atoms with Crippen molar-refractivity contribution in [2.24, 2.45) is 5.92 Å². The minimum atomic E-state index is -0.537. The summed E-state index contributed by atoms with van der Waals surface area (Å²) < 4.78 is 0. The van der Waals surface area contributed by atoms with E-state index in [4.69, 9.17) is 0 Å². The molecule has 2 N–H and O–H groups in total. The molecule has 1 aliphatic rings. The van der Waals surface area contributed by atoms with Gasteiger partial charge in [0.05, 0.1) is 12.0 Å². The number of aliphatic hydroxyl groups excluding tert-OH is 1. The average Bonchev–Trinajstić information content (AvgIpc) is 2.68. The van der Waals surface area contributed by atoms with Crippen LogP contribution in [0.3, 0.4) is 0 Å². The maximum atomic E-state index is 12.5. The molecule has 0 unspecified atom stereocenters. The van der Waals surface area contributed by atoms with Gasteiger partial charge in [-0.15, -0.1) is 0 Å². The standard InChI is InChI=1S/C22H28N2O2/c1-24-15-13-21(25)20(16-24)22(26)23-14-12-19(17-8-4-2-5-9-17)18-10-6-3-7-11-18/h2-11,19-21,25H,12-16H2,1H3,(H,23,26)/t20-,21-/m1/s1. The topological polar surface area (TPSA) is 52.6 Å². The summed E-state index contributed by atoms with van der Waals surface area (Å²) in [6.07, 6.45) is 0.953. The highest BCUT2D eigenvalue weighted by Crippen LogP contribution is 2.27. The normalized spacial score (nSPS) is 20.9. The highest BCUT2D eigenvalue weighted by atomic mass is 16.3. The minimum absolute atomic E-state index is 0.0380. The number of amides is 1. The first-order valence-corrected chi connectivity index (χ1v) is 9.39. The maximum absolute atomic E-state index is 12.5. The molecular formula is C22H28N2O2.